The van der Waals surface area contributed by atoms with Crippen LogP contribution in [0, 0.1) is 5.92 Å². The Morgan fingerprint density at radius 1 is 1.32 bits per heavy atom. The monoisotopic (exact) mass is 323 g/mol. The Morgan fingerprint density at radius 2 is 2.11 bits per heavy atom. The van der Waals surface area contributed by atoms with Crippen molar-refractivity contribution < 1.29 is 14.7 Å². The van der Waals surface area contributed by atoms with E-state index in [9.17, 15) is 9.59 Å². The van der Waals surface area contributed by atoms with Gasteiger partial charge in [0.05, 0.1) is 5.56 Å². The van der Waals surface area contributed by atoms with Gasteiger partial charge in [0.15, 0.2) is 0 Å². The quantitative estimate of drug-likeness (QED) is 0.910. The van der Waals surface area contributed by atoms with E-state index in [0.717, 1.165) is 19.4 Å². The zero-order valence-corrected chi connectivity index (χ0v) is 11.9. The van der Waals surface area contributed by atoms with Crippen LogP contribution in [-0.4, -0.2) is 34.5 Å². The maximum atomic E-state index is 12.4. The third kappa shape index (κ3) is 2.16. The molecule has 2 fully saturated rings. The van der Waals surface area contributed by atoms with Crippen molar-refractivity contribution in [2.75, 3.05) is 6.54 Å². The number of aromatic carboxylic acids is 1. The maximum absolute atomic E-state index is 12.4. The highest BCUT2D eigenvalue weighted by Crippen LogP contribution is 2.38. The predicted molar refractivity (Wildman–Crippen MR) is 73.3 cm³/mol. The van der Waals surface area contributed by atoms with E-state index in [1.165, 1.54) is 12.5 Å². The van der Waals surface area contributed by atoms with Crippen molar-refractivity contribution in [1.82, 2.24) is 4.90 Å². The van der Waals surface area contributed by atoms with Gasteiger partial charge in [0.25, 0.3) is 5.91 Å². The zero-order chi connectivity index (χ0) is 13.6. The van der Waals surface area contributed by atoms with Crippen molar-refractivity contribution in [3.05, 3.63) is 33.8 Å². The molecule has 1 amide bonds. The average Bonchev–Trinajstić information content (AvgIpc) is 2.99. The second-order valence-electron chi connectivity index (χ2n) is 5.29. The molecule has 2 aliphatic rings. The summed E-state index contributed by atoms with van der Waals surface area (Å²) >= 11 is 3.21. The van der Waals surface area contributed by atoms with Gasteiger partial charge in [-0.2, -0.15) is 0 Å². The van der Waals surface area contributed by atoms with E-state index in [0.29, 0.717) is 22.0 Å². The highest BCUT2D eigenvalue weighted by Gasteiger charge is 2.40. The topological polar surface area (TPSA) is 57.6 Å². The van der Waals surface area contributed by atoms with E-state index in [2.05, 4.69) is 15.9 Å². The van der Waals surface area contributed by atoms with Crippen LogP contribution in [0.1, 0.15) is 40.0 Å². The first-order valence-corrected chi connectivity index (χ1v) is 7.19. The van der Waals surface area contributed by atoms with E-state index in [-0.39, 0.29) is 11.5 Å². The summed E-state index contributed by atoms with van der Waals surface area (Å²) in [5.41, 5.74) is 0.740. The third-order valence-corrected chi connectivity index (χ3v) is 4.77. The molecular formula is C14H14BrNO3. The van der Waals surface area contributed by atoms with E-state index in [1.54, 1.807) is 12.1 Å². The summed E-state index contributed by atoms with van der Waals surface area (Å²) < 4.78 is 0.454. The molecule has 0 spiro atoms. The molecule has 1 N–H and O–H groups in total. The molecule has 0 unspecified atom stereocenters. The molecule has 2 bridgehead atoms. The first-order valence-electron chi connectivity index (χ1n) is 6.40. The van der Waals surface area contributed by atoms with Gasteiger partial charge in [-0.25, -0.2) is 4.79 Å². The lowest BCUT2D eigenvalue weighted by Gasteiger charge is -2.27. The van der Waals surface area contributed by atoms with Gasteiger partial charge in [-0.05, 0) is 59.3 Å². The molecule has 5 heteroatoms. The molecule has 1 aliphatic carbocycles. The molecule has 1 aliphatic heterocycles. The average molecular weight is 324 g/mol. The Balaban J connectivity index is 1.84. The lowest BCUT2D eigenvalue weighted by atomic mass is 10.1. The van der Waals surface area contributed by atoms with Crippen LogP contribution in [0.25, 0.3) is 0 Å². The summed E-state index contributed by atoms with van der Waals surface area (Å²) in [6, 6.07) is 5.07. The highest BCUT2D eigenvalue weighted by molar-refractivity contribution is 9.10. The fourth-order valence-electron chi connectivity index (χ4n) is 3.16. The van der Waals surface area contributed by atoms with Crippen LogP contribution in [0.5, 0.6) is 0 Å². The number of benzene rings is 1. The number of rotatable bonds is 2. The number of likely N-dealkylation sites (tertiary alicyclic amines) is 1. The van der Waals surface area contributed by atoms with Crippen molar-refractivity contribution in [3.63, 3.8) is 0 Å². The first kappa shape index (κ1) is 12.7. The van der Waals surface area contributed by atoms with Gasteiger partial charge in [-0.15, -0.1) is 0 Å². The molecule has 0 radical (unpaired) electrons. The summed E-state index contributed by atoms with van der Waals surface area (Å²) in [6.45, 7) is 0.849. The highest BCUT2D eigenvalue weighted by atomic mass is 79.9. The van der Waals surface area contributed by atoms with Crippen LogP contribution in [0.4, 0.5) is 0 Å². The summed E-state index contributed by atoms with van der Waals surface area (Å²) in [6.07, 6.45) is 3.46. The van der Waals surface area contributed by atoms with Crippen LogP contribution in [0.15, 0.2) is 22.7 Å². The zero-order valence-electron chi connectivity index (χ0n) is 10.3. The Labute approximate surface area is 119 Å². The van der Waals surface area contributed by atoms with Crippen molar-refractivity contribution in [1.29, 1.82) is 0 Å². The van der Waals surface area contributed by atoms with Gasteiger partial charge < -0.3 is 10.0 Å². The summed E-state index contributed by atoms with van der Waals surface area (Å²) in [7, 11) is 0. The van der Waals surface area contributed by atoms with Crippen molar-refractivity contribution >= 4 is 27.8 Å². The van der Waals surface area contributed by atoms with Gasteiger partial charge in [0.1, 0.15) is 0 Å². The van der Waals surface area contributed by atoms with E-state index < -0.39 is 5.97 Å². The van der Waals surface area contributed by atoms with Crippen molar-refractivity contribution in [3.8, 4) is 0 Å². The fourth-order valence-corrected chi connectivity index (χ4v) is 3.71. The number of piperidine rings is 1. The van der Waals surface area contributed by atoms with E-state index >= 15 is 0 Å². The Hall–Kier alpha value is -1.36. The maximum Gasteiger partial charge on any atom is 0.336 e. The van der Waals surface area contributed by atoms with Crippen molar-refractivity contribution in [2.45, 2.75) is 25.3 Å². The minimum absolute atomic E-state index is 0.0184. The Kier molecular flexibility index (Phi) is 3.09. The molecule has 1 saturated carbocycles. The molecular weight excluding hydrogens is 310 g/mol. The number of carboxylic acid groups (broad SMARTS) is 1. The summed E-state index contributed by atoms with van der Waals surface area (Å²) in [4.78, 5) is 25.3. The number of carboxylic acids is 1. The minimum atomic E-state index is -0.994. The van der Waals surface area contributed by atoms with Gasteiger partial charge in [0.2, 0.25) is 0 Å². The number of halogens is 1. The van der Waals surface area contributed by atoms with Crippen LogP contribution in [0.2, 0.25) is 0 Å². The molecule has 1 heterocycles. The predicted octanol–water partition coefficient (Wildman–Crippen LogP) is 2.77. The van der Waals surface area contributed by atoms with Gasteiger partial charge >= 0.3 is 5.97 Å². The SMILES string of the molecule is O=C(O)c1ccc(C(=O)N2C[C@H]3CC[C@@H]2C3)cc1Br. The second-order valence-corrected chi connectivity index (χ2v) is 6.14. The Bertz CT molecular complexity index is 558. The van der Waals surface area contributed by atoms with Crippen LogP contribution < -0.4 is 0 Å². The number of hydrogen-bond acceptors (Lipinski definition) is 2. The number of carbonyl (C=O) groups is 2. The molecule has 1 saturated heterocycles. The first-order chi connectivity index (χ1) is 9.06. The second kappa shape index (κ2) is 4.63. The number of carbonyl (C=O) groups excluding carboxylic acids is 1. The number of nitrogens with zero attached hydrogens (tertiary/aromatic N) is 1. The molecule has 100 valence electrons. The number of amides is 1. The van der Waals surface area contributed by atoms with Gasteiger partial charge in [-0.1, -0.05) is 0 Å². The van der Waals surface area contributed by atoms with Crippen LogP contribution >= 0.6 is 15.9 Å². The lowest BCUT2D eigenvalue weighted by molar-refractivity contribution is 0.0685. The largest absolute Gasteiger partial charge is 0.478 e. The molecule has 4 nitrogen and oxygen atoms in total. The van der Waals surface area contributed by atoms with Gasteiger partial charge in [-0.3, -0.25) is 4.79 Å². The van der Waals surface area contributed by atoms with Crippen LogP contribution in [0.3, 0.4) is 0 Å². The number of fused-ring (bicyclic) bond motifs is 2. The molecule has 3 rings (SSSR count). The number of hydrogen-bond donors (Lipinski definition) is 1. The van der Waals surface area contributed by atoms with E-state index in [4.69, 9.17) is 5.11 Å². The molecule has 19 heavy (non-hydrogen) atoms. The normalized spacial score (nSPS) is 24.8. The summed E-state index contributed by atoms with van der Waals surface area (Å²) in [5, 5.41) is 8.97. The van der Waals surface area contributed by atoms with E-state index in [1.807, 2.05) is 4.90 Å². The Morgan fingerprint density at radius 3 is 2.63 bits per heavy atom. The van der Waals surface area contributed by atoms with Crippen LogP contribution in [-0.2, 0) is 0 Å². The van der Waals surface area contributed by atoms with Gasteiger partial charge in [0, 0.05) is 22.6 Å². The molecule has 1 aromatic rings. The molecule has 0 aromatic heterocycles. The molecule has 2 atom stereocenters. The smallest absolute Gasteiger partial charge is 0.336 e. The lowest BCUT2D eigenvalue weighted by Crippen LogP contribution is -2.37. The third-order valence-electron chi connectivity index (χ3n) is 4.12. The standard InChI is InChI=1S/C14H14BrNO3/c15-12-6-9(2-4-11(12)14(18)19)13(17)16-7-8-1-3-10(16)5-8/h2,4,6,8,10H,1,3,5,7H2,(H,18,19)/t8-,10+/m0/s1. The summed E-state index contributed by atoms with van der Waals surface area (Å²) in [5.74, 6) is -0.313. The fraction of sp³-hybridized carbons (Fsp3) is 0.429. The van der Waals surface area contributed by atoms with Crippen molar-refractivity contribution in [2.24, 2.45) is 5.92 Å². The molecule has 1 aromatic carbocycles. The minimum Gasteiger partial charge on any atom is -0.478 e.